The molecule has 2 amide bonds. The molecule has 1 aliphatic rings. The summed E-state index contributed by atoms with van der Waals surface area (Å²) in [5, 5.41) is 9.53. The van der Waals surface area contributed by atoms with Crippen LogP contribution in [0.15, 0.2) is 54.6 Å². The summed E-state index contributed by atoms with van der Waals surface area (Å²) in [6.45, 7) is 3.72. The van der Waals surface area contributed by atoms with Crippen LogP contribution in [-0.2, 0) is 14.3 Å². The lowest BCUT2D eigenvalue weighted by Crippen LogP contribution is -2.57. The summed E-state index contributed by atoms with van der Waals surface area (Å²) in [4.78, 5) is 30.5. The van der Waals surface area contributed by atoms with Crippen molar-refractivity contribution in [1.82, 2.24) is 20.1 Å². The Morgan fingerprint density at radius 2 is 1.94 bits per heavy atom. The second-order valence-corrected chi connectivity index (χ2v) is 7.50. The largest absolute Gasteiger partial charge is 0.494 e. The highest BCUT2D eigenvalue weighted by Crippen LogP contribution is 2.20. The van der Waals surface area contributed by atoms with Gasteiger partial charge in [-0.15, -0.1) is 0 Å². The van der Waals surface area contributed by atoms with Crippen LogP contribution in [0.1, 0.15) is 12.2 Å². The highest BCUT2D eigenvalue weighted by atomic mass is 16.5. The molecular formula is C23H25N5O4. The first-order valence-electron chi connectivity index (χ1n) is 10.5. The molecule has 166 valence electrons. The number of aromatic amines is 1. The normalized spacial score (nSPS) is 13.5. The molecule has 0 unspecified atom stereocenters. The minimum absolute atomic E-state index is 0.0548. The Hall–Kier alpha value is -3.72. The number of carbonyl (C=O) groups is 2. The van der Waals surface area contributed by atoms with Gasteiger partial charge in [-0.25, -0.2) is 4.98 Å². The zero-order chi connectivity index (χ0) is 22.3. The Bertz CT molecular complexity index is 1060. The van der Waals surface area contributed by atoms with E-state index in [1.54, 1.807) is 18.2 Å². The van der Waals surface area contributed by atoms with Gasteiger partial charge < -0.3 is 19.7 Å². The van der Waals surface area contributed by atoms with Crippen LogP contribution in [0.25, 0.3) is 11.4 Å². The van der Waals surface area contributed by atoms with Gasteiger partial charge in [0.25, 0.3) is 0 Å². The van der Waals surface area contributed by atoms with Crippen molar-refractivity contribution in [3.63, 3.8) is 0 Å². The molecule has 2 N–H and O–H groups in total. The zero-order valence-electron chi connectivity index (χ0n) is 17.8. The van der Waals surface area contributed by atoms with Gasteiger partial charge in [0.15, 0.2) is 5.82 Å². The van der Waals surface area contributed by atoms with Crippen molar-refractivity contribution in [3.05, 3.63) is 60.4 Å². The lowest BCUT2D eigenvalue weighted by Gasteiger charge is -2.38. The highest BCUT2D eigenvalue weighted by Gasteiger charge is 2.34. The van der Waals surface area contributed by atoms with Gasteiger partial charge in [0, 0.05) is 30.8 Å². The third-order valence-corrected chi connectivity index (χ3v) is 4.96. The second kappa shape index (κ2) is 10.1. The molecule has 1 fully saturated rings. The molecule has 4 rings (SSSR count). The minimum Gasteiger partial charge on any atom is -0.494 e. The van der Waals surface area contributed by atoms with Gasteiger partial charge >= 0.3 is 11.8 Å². The Labute approximate surface area is 185 Å². The van der Waals surface area contributed by atoms with E-state index in [0.717, 1.165) is 17.7 Å². The van der Waals surface area contributed by atoms with Gasteiger partial charge in [0.1, 0.15) is 11.6 Å². The number of nitrogens with zero attached hydrogens (tertiary/aromatic N) is 3. The molecular weight excluding hydrogens is 410 g/mol. The average Bonchev–Trinajstić information content (AvgIpc) is 3.21. The molecule has 2 aromatic carbocycles. The van der Waals surface area contributed by atoms with Crippen LogP contribution >= 0.6 is 0 Å². The summed E-state index contributed by atoms with van der Waals surface area (Å²) < 4.78 is 11.4. The molecule has 0 spiro atoms. The maximum absolute atomic E-state index is 12.4. The van der Waals surface area contributed by atoms with E-state index in [9.17, 15) is 9.59 Å². The number of carbonyl (C=O) groups excluding carboxylic acids is 2. The molecule has 2 heterocycles. The van der Waals surface area contributed by atoms with Crippen LogP contribution in [0.5, 0.6) is 5.75 Å². The molecule has 32 heavy (non-hydrogen) atoms. The number of aromatic nitrogens is 3. The SMILES string of the molecule is Cc1nc(-c2cccc(NC(=O)C(=O)N3CC(OCCCOc4ccccc4)C3)c2)n[nH]1. The molecule has 0 aliphatic carbocycles. The standard InChI is InChI=1S/C23H25N5O4/c1-16-24-21(27-26-16)17-7-5-8-18(13-17)25-22(29)23(30)28-14-20(15-28)32-12-6-11-31-19-9-3-2-4-10-19/h2-5,7-10,13,20H,6,11-12,14-15H2,1H3,(H,25,29)(H,24,26,27). The van der Waals surface area contributed by atoms with Crippen LogP contribution in [0, 0.1) is 6.92 Å². The van der Waals surface area contributed by atoms with E-state index in [0.29, 0.717) is 43.6 Å². The Balaban J connectivity index is 1.16. The first-order chi connectivity index (χ1) is 15.6. The number of likely N-dealkylation sites (tertiary alicyclic amines) is 1. The molecule has 1 aliphatic heterocycles. The molecule has 1 saturated heterocycles. The van der Waals surface area contributed by atoms with E-state index in [2.05, 4.69) is 20.5 Å². The Morgan fingerprint density at radius 1 is 1.12 bits per heavy atom. The van der Waals surface area contributed by atoms with Crippen LogP contribution in [0.2, 0.25) is 0 Å². The number of ether oxygens (including phenoxy) is 2. The monoisotopic (exact) mass is 435 g/mol. The molecule has 0 saturated carbocycles. The van der Waals surface area contributed by atoms with E-state index in [1.807, 2.05) is 43.3 Å². The van der Waals surface area contributed by atoms with Crippen LogP contribution in [0.4, 0.5) is 5.69 Å². The zero-order valence-corrected chi connectivity index (χ0v) is 17.8. The van der Waals surface area contributed by atoms with Crippen molar-refractivity contribution in [2.75, 3.05) is 31.6 Å². The average molecular weight is 435 g/mol. The van der Waals surface area contributed by atoms with Gasteiger partial charge in [0.05, 0.1) is 19.3 Å². The summed E-state index contributed by atoms with van der Waals surface area (Å²) in [6.07, 6.45) is 0.696. The number of anilines is 1. The first kappa shape index (κ1) is 21.5. The number of hydrogen-bond donors (Lipinski definition) is 2. The molecule has 0 radical (unpaired) electrons. The molecule has 3 aromatic rings. The summed E-state index contributed by atoms with van der Waals surface area (Å²) >= 11 is 0. The predicted molar refractivity (Wildman–Crippen MR) is 118 cm³/mol. The molecule has 9 heteroatoms. The summed E-state index contributed by atoms with van der Waals surface area (Å²) in [6, 6.07) is 16.7. The number of para-hydroxylation sites is 1. The lowest BCUT2D eigenvalue weighted by atomic mass is 10.1. The molecule has 1 aromatic heterocycles. The number of amides is 2. The predicted octanol–water partition coefficient (Wildman–Crippen LogP) is 2.42. The maximum Gasteiger partial charge on any atom is 0.313 e. The van der Waals surface area contributed by atoms with Gasteiger partial charge in [-0.05, 0) is 31.2 Å². The van der Waals surface area contributed by atoms with Crippen LogP contribution in [-0.4, -0.2) is 64.3 Å². The van der Waals surface area contributed by atoms with E-state index < -0.39 is 11.8 Å². The van der Waals surface area contributed by atoms with Crippen molar-refractivity contribution in [2.45, 2.75) is 19.4 Å². The van der Waals surface area contributed by atoms with Gasteiger partial charge in [-0.2, -0.15) is 5.10 Å². The van der Waals surface area contributed by atoms with E-state index in [1.165, 1.54) is 4.90 Å². The van der Waals surface area contributed by atoms with Gasteiger partial charge in [0.2, 0.25) is 0 Å². The van der Waals surface area contributed by atoms with Crippen LogP contribution < -0.4 is 10.1 Å². The lowest BCUT2D eigenvalue weighted by molar-refractivity contribution is -0.152. The number of aryl methyl sites for hydroxylation is 1. The van der Waals surface area contributed by atoms with Crippen molar-refractivity contribution >= 4 is 17.5 Å². The van der Waals surface area contributed by atoms with Crippen molar-refractivity contribution in [3.8, 4) is 17.1 Å². The fraction of sp³-hybridized carbons (Fsp3) is 0.304. The Kier molecular flexibility index (Phi) is 6.76. The van der Waals surface area contributed by atoms with E-state index in [-0.39, 0.29) is 6.10 Å². The number of nitrogens with one attached hydrogen (secondary N) is 2. The number of hydrogen-bond acceptors (Lipinski definition) is 6. The van der Waals surface area contributed by atoms with Crippen molar-refractivity contribution < 1.29 is 19.1 Å². The fourth-order valence-electron chi connectivity index (χ4n) is 3.26. The second-order valence-electron chi connectivity index (χ2n) is 7.50. The number of benzene rings is 2. The summed E-state index contributed by atoms with van der Waals surface area (Å²) in [5.74, 6) is 0.810. The van der Waals surface area contributed by atoms with Gasteiger partial charge in [-0.1, -0.05) is 30.3 Å². The van der Waals surface area contributed by atoms with E-state index in [4.69, 9.17) is 9.47 Å². The summed E-state index contributed by atoms with van der Waals surface area (Å²) in [7, 11) is 0. The smallest absolute Gasteiger partial charge is 0.313 e. The number of rotatable bonds is 8. The number of H-pyrrole nitrogens is 1. The minimum atomic E-state index is -0.678. The molecule has 0 atom stereocenters. The third kappa shape index (κ3) is 5.50. The fourth-order valence-corrected chi connectivity index (χ4v) is 3.26. The maximum atomic E-state index is 12.4. The van der Waals surface area contributed by atoms with Crippen molar-refractivity contribution in [2.24, 2.45) is 0 Å². The van der Waals surface area contributed by atoms with Gasteiger partial charge in [-0.3, -0.25) is 14.7 Å². The first-order valence-corrected chi connectivity index (χ1v) is 10.5. The highest BCUT2D eigenvalue weighted by molar-refractivity contribution is 6.39. The third-order valence-electron chi connectivity index (χ3n) is 4.96. The summed E-state index contributed by atoms with van der Waals surface area (Å²) in [5.41, 5.74) is 1.25. The topological polar surface area (TPSA) is 109 Å². The van der Waals surface area contributed by atoms with Crippen LogP contribution in [0.3, 0.4) is 0 Å². The van der Waals surface area contributed by atoms with Crippen molar-refractivity contribution in [1.29, 1.82) is 0 Å². The quantitative estimate of drug-likeness (QED) is 0.415. The van der Waals surface area contributed by atoms with E-state index >= 15 is 0 Å². The Morgan fingerprint density at radius 3 is 2.69 bits per heavy atom. The molecule has 9 nitrogen and oxygen atoms in total. The molecule has 0 bridgehead atoms.